The van der Waals surface area contributed by atoms with Gasteiger partial charge in [-0.2, -0.15) is 0 Å². The van der Waals surface area contributed by atoms with Crippen molar-refractivity contribution in [2.75, 3.05) is 6.54 Å². The fourth-order valence-electron chi connectivity index (χ4n) is 3.47. The fourth-order valence-corrected chi connectivity index (χ4v) is 4.23. The van der Waals surface area contributed by atoms with Gasteiger partial charge in [0, 0.05) is 17.9 Å². The third-order valence-electron chi connectivity index (χ3n) is 4.93. The largest absolute Gasteiger partial charge is 0.598 e. The highest BCUT2D eigenvalue weighted by Gasteiger charge is 2.41. The molecule has 0 radical (unpaired) electrons. The van der Waals surface area contributed by atoms with Crippen molar-refractivity contribution in [3.05, 3.63) is 76.4 Å². The first-order valence-electron chi connectivity index (χ1n) is 9.32. The fraction of sp³-hybridized carbons (Fsp3) is 0.409. The second kappa shape index (κ2) is 8.22. The van der Waals surface area contributed by atoms with Crippen LogP contribution < -0.4 is 4.72 Å². The van der Waals surface area contributed by atoms with Gasteiger partial charge in [0.25, 0.3) is 0 Å². The first kappa shape index (κ1) is 20.8. The van der Waals surface area contributed by atoms with Gasteiger partial charge in [0.05, 0.1) is 13.2 Å². The van der Waals surface area contributed by atoms with Crippen molar-refractivity contribution in [3.8, 4) is 0 Å². The topological polar surface area (TPSA) is 48.7 Å². The Bertz CT molecular complexity index is 874. The quantitative estimate of drug-likeness (QED) is 0.423. The monoisotopic (exact) mass is 400 g/mol. The van der Waals surface area contributed by atoms with Crippen molar-refractivity contribution in [3.63, 3.8) is 0 Å². The van der Waals surface area contributed by atoms with Crippen LogP contribution >= 0.6 is 0 Å². The lowest BCUT2D eigenvalue weighted by Crippen LogP contribution is -2.40. The first-order valence-corrected chi connectivity index (χ1v) is 10.5. The van der Waals surface area contributed by atoms with E-state index in [1.54, 1.807) is 18.2 Å². The van der Waals surface area contributed by atoms with Gasteiger partial charge < -0.3 is 9.29 Å². The minimum Gasteiger partial charge on any atom is -0.598 e. The first-order chi connectivity index (χ1) is 13.3. The van der Waals surface area contributed by atoms with E-state index in [2.05, 4.69) is 9.57 Å². The van der Waals surface area contributed by atoms with Gasteiger partial charge >= 0.3 is 0 Å². The summed E-state index contributed by atoms with van der Waals surface area (Å²) in [6.45, 7) is 14.0. The van der Waals surface area contributed by atoms with Gasteiger partial charge in [0.2, 0.25) is 0 Å². The second-order valence-electron chi connectivity index (χ2n) is 7.95. The predicted octanol–water partition coefficient (Wildman–Crippen LogP) is 4.98. The van der Waals surface area contributed by atoms with Gasteiger partial charge in [-0.15, -0.1) is 4.72 Å². The highest BCUT2D eigenvalue weighted by Crippen LogP contribution is 2.46. The number of nitrogens with zero attached hydrogens (tertiary/aromatic N) is 1. The summed E-state index contributed by atoms with van der Waals surface area (Å²) in [5.74, 6) is -0.289. The van der Waals surface area contributed by atoms with Crippen molar-refractivity contribution in [2.24, 2.45) is 0 Å². The summed E-state index contributed by atoms with van der Waals surface area (Å²) >= 11 is -1.12. The average molecular weight is 401 g/mol. The van der Waals surface area contributed by atoms with Gasteiger partial charge in [-0.3, -0.25) is 0 Å². The number of hydrogen-bond acceptors (Lipinski definition) is 3. The van der Waals surface area contributed by atoms with Crippen molar-refractivity contribution in [2.45, 2.75) is 50.6 Å². The maximum Gasteiger partial charge on any atom is 0.187 e. The maximum atomic E-state index is 13.5. The number of fused-ring (bicyclic) bond motifs is 1. The third-order valence-corrected chi connectivity index (χ3v) is 6.51. The van der Waals surface area contributed by atoms with Crippen LogP contribution in [0.5, 0.6) is 0 Å². The summed E-state index contributed by atoms with van der Waals surface area (Å²) in [5.41, 5.74) is 2.79. The number of benzene rings is 2. The van der Waals surface area contributed by atoms with E-state index >= 15 is 0 Å². The van der Waals surface area contributed by atoms with E-state index in [4.69, 9.17) is 11.3 Å². The van der Waals surface area contributed by atoms with Gasteiger partial charge in [0.15, 0.2) is 5.69 Å². The molecule has 0 amide bonds. The average Bonchev–Trinajstić information content (AvgIpc) is 3.03. The second-order valence-corrected chi connectivity index (χ2v) is 10.0. The number of hydrogen-bond donors (Lipinski definition) is 1. The smallest absolute Gasteiger partial charge is 0.187 e. The molecule has 0 saturated heterocycles. The van der Waals surface area contributed by atoms with Crippen molar-refractivity contribution in [1.82, 2.24) is 4.72 Å². The van der Waals surface area contributed by atoms with Gasteiger partial charge in [0.1, 0.15) is 16.2 Å². The molecule has 28 heavy (non-hydrogen) atoms. The zero-order valence-corrected chi connectivity index (χ0v) is 17.2. The van der Waals surface area contributed by atoms with Crippen molar-refractivity contribution < 1.29 is 13.7 Å². The van der Waals surface area contributed by atoms with Crippen LogP contribution in [0.2, 0.25) is 0 Å². The van der Waals surface area contributed by atoms with E-state index in [1.807, 2.05) is 32.9 Å². The molecule has 2 aromatic carbocycles. The SMILES string of the molecule is [C-]#[N+]c1ccc2c(c1)COC2(CCCN[S+]([O-])C(C)(C)C)c1ccc(F)cc1. The molecule has 148 valence electrons. The zero-order valence-electron chi connectivity index (χ0n) is 16.4. The van der Waals surface area contributed by atoms with E-state index in [0.29, 0.717) is 25.3 Å². The lowest BCUT2D eigenvalue weighted by atomic mass is 9.82. The Labute approximate surface area is 169 Å². The van der Waals surface area contributed by atoms with E-state index in [9.17, 15) is 8.94 Å². The van der Waals surface area contributed by atoms with Crippen LogP contribution in [0.3, 0.4) is 0 Å². The van der Waals surface area contributed by atoms with Gasteiger partial charge in [-0.05, 0) is 62.4 Å². The van der Waals surface area contributed by atoms with E-state index in [0.717, 1.165) is 23.1 Å². The summed E-state index contributed by atoms with van der Waals surface area (Å²) in [6.07, 6.45) is 1.40. The Morgan fingerprint density at radius 3 is 2.61 bits per heavy atom. The minimum absolute atomic E-state index is 0.289. The van der Waals surface area contributed by atoms with Gasteiger partial charge in [-0.25, -0.2) is 9.24 Å². The van der Waals surface area contributed by atoms with Crippen LogP contribution in [0.1, 0.15) is 50.3 Å². The number of ether oxygens (including phenoxy) is 1. The summed E-state index contributed by atoms with van der Waals surface area (Å²) in [4.78, 5) is 3.50. The van der Waals surface area contributed by atoms with Crippen molar-refractivity contribution >= 4 is 17.0 Å². The lowest BCUT2D eigenvalue weighted by Gasteiger charge is -2.31. The molecule has 1 N–H and O–H groups in total. The molecule has 3 rings (SSSR count). The standard InChI is InChI=1S/C22H25FN2O2S/c1-21(2,3)28(26)25-13-5-12-22(17-6-8-18(23)9-7-17)20-11-10-19(24-4)14-16(20)15-27-22/h6-11,14,25H,5,12-13,15H2,1-3H3. The molecule has 1 aliphatic rings. The van der Waals surface area contributed by atoms with Gasteiger partial charge in [-0.1, -0.05) is 30.3 Å². The number of nitrogens with one attached hydrogen (secondary N) is 1. The maximum absolute atomic E-state index is 13.5. The highest BCUT2D eigenvalue weighted by atomic mass is 32.2. The normalized spacial score (nSPS) is 19.9. The molecule has 6 heteroatoms. The lowest BCUT2D eigenvalue weighted by molar-refractivity contribution is -0.0127. The molecule has 0 bridgehead atoms. The molecule has 4 nitrogen and oxygen atoms in total. The molecule has 1 aliphatic heterocycles. The molecule has 0 spiro atoms. The van der Waals surface area contributed by atoms with Crippen LogP contribution in [0, 0.1) is 12.4 Å². The minimum atomic E-state index is -1.12. The molecule has 0 aromatic heterocycles. The zero-order chi connectivity index (χ0) is 20.4. The van der Waals surface area contributed by atoms with Crippen LogP contribution in [-0.4, -0.2) is 15.8 Å². The molecule has 0 fully saturated rings. The molecule has 2 unspecified atom stereocenters. The Morgan fingerprint density at radius 1 is 1.25 bits per heavy atom. The van der Waals surface area contributed by atoms with Crippen LogP contribution in [0.25, 0.3) is 4.85 Å². The summed E-state index contributed by atoms with van der Waals surface area (Å²) in [5, 5.41) is 0. The Morgan fingerprint density at radius 2 is 1.96 bits per heavy atom. The molecular formula is C22H25FN2O2S. The van der Waals surface area contributed by atoms with E-state index < -0.39 is 17.0 Å². The summed E-state index contributed by atoms with van der Waals surface area (Å²) < 4.78 is 34.7. The molecular weight excluding hydrogens is 375 g/mol. The molecule has 2 aromatic rings. The molecule has 0 saturated carbocycles. The number of rotatable bonds is 6. The molecule has 1 heterocycles. The van der Waals surface area contributed by atoms with Crippen LogP contribution in [-0.2, 0) is 28.3 Å². The molecule has 2 atom stereocenters. The van der Waals surface area contributed by atoms with E-state index in [1.165, 1.54) is 12.1 Å². The highest BCUT2D eigenvalue weighted by molar-refractivity contribution is 7.90. The number of halogens is 1. The Balaban J connectivity index is 1.85. The van der Waals surface area contributed by atoms with Crippen LogP contribution in [0.4, 0.5) is 10.1 Å². The Hall–Kier alpha value is -1.91. The third kappa shape index (κ3) is 4.23. The van der Waals surface area contributed by atoms with Crippen LogP contribution in [0.15, 0.2) is 42.5 Å². The summed E-state index contributed by atoms with van der Waals surface area (Å²) in [7, 11) is 0. The Kier molecular flexibility index (Phi) is 6.11. The van der Waals surface area contributed by atoms with Crippen molar-refractivity contribution in [1.29, 1.82) is 0 Å². The molecule has 0 aliphatic carbocycles. The van der Waals surface area contributed by atoms with E-state index in [-0.39, 0.29) is 10.6 Å². The summed E-state index contributed by atoms with van der Waals surface area (Å²) in [6, 6.07) is 12.0. The predicted molar refractivity (Wildman–Crippen MR) is 110 cm³/mol.